The third-order valence-electron chi connectivity index (χ3n) is 5.92. The van der Waals surface area contributed by atoms with Gasteiger partial charge in [-0.3, -0.25) is 9.59 Å². The molecule has 1 aromatic heterocycles. The van der Waals surface area contributed by atoms with Crippen molar-refractivity contribution in [2.45, 2.75) is 44.4 Å². The predicted octanol–water partition coefficient (Wildman–Crippen LogP) is 5.61. The summed E-state index contributed by atoms with van der Waals surface area (Å²) in [6.07, 6.45) is -1.65. The van der Waals surface area contributed by atoms with Crippen molar-refractivity contribution < 1.29 is 27.5 Å². The lowest BCUT2D eigenvalue weighted by Gasteiger charge is -2.15. The molecule has 0 saturated heterocycles. The summed E-state index contributed by atoms with van der Waals surface area (Å²) in [4.78, 5) is 25.8. The van der Waals surface area contributed by atoms with E-state index in [4.69, 9.17) is 16.3 Å². The number of carbonyl (C=O) groups is 2. The SMILES string of the molecule is COc1ccc2c(c1)c(C(=O)C(=O)NC1CCCC1)c(C(F)(F)F)n2Cc1ccc(Cl)cc1. The Kier molecular flexibility index (Phi) is 6.38. The van der Waals surface area contributed by atoms with Crippen LogP contribution < -0.4 is 10.1 Å². The second-order valence-electron chi connectivity index (χ2n) is 8.10. The van der Waals surface area contributed by atoms with Crippen LogP contribution in [0, 0.1) is 0 Å². The fourth-order valence-electron chi connectivity index (χ4n) is 4.36. The molecular formula is C24H22ClF3N2O3. The zero-order valence-electron chi connectivity index (χ0n) is 17.8. The van der Waals surface area contributed by atoms with Gasteiger partial charge >= 0.3 is 6.18 Å². The highest BCUT2D eigenvalue weighted by Crippen LogP contribution is 2.40. The number of ether oxygens (including phenoxy) is 1. The lowest BCUT2D eigenvalue weighted by atomic mass is 10.0. The second-order valence-corrected chi connectivity index (χ2v) is 8.54. The fraction of sp³-hybridized carbons (Fsp3) is 0.333. The van der Waals surface area contributed by atoms with Crippen LogP contribution in [0.25, 0.3) is 10.9 Å². The van der Waals surface area contributed by atoms with Crippen molar-refractivity contribution in [2.75, 3.05) is 7.11 Å². The Balaban J connectivity index is 1.88. The molecule has 1 heterocycles. The first-order valence-corrected chi connectivity index (χ1v) is 10.9. The Morgan fingerprint density at radius 1 is 1.12 bits per heavy atom. The van der Waals surface area contributed by atoms with Gasteiger partial charge in [0.25, 0.3) is 11.7 Å². The van der Waals surface area contributed by atoms with Crippen molar-refractivity contribution >= 4 is 34.2 Å². The number of fused-ring (bicyclic) bond motifs is 1. The van der Waals surface area contributed by atoms with Crippen LogP contribution in [0.1, 0.15) is 47.3 Å². The maximum absolute atomic E-state index is 14.4. The van der Waals surface area contributed by atoms with E-state index in [2.05, 4.69) is 5.32 Å². The maximum atomic E-state index is 14.4. The molecule has 1 amide bonds. The number of aromatic nitrogens is 1. The van der Waals surface area contributed by atoms with Gasteiger partial charge in [0.2, 0.25) is 0 Å². The third kappa shape index (κ3) is 4.71. The van der Waals surface area contributed by atoms with Crippen molar-refractivity contribution in [1.82, 2.24) is 9.88 Å². The largest absolute Gasteiger partial charge is 0.497 e. The average molecular weight is 479 g/mol. The quantitative estimate of drug-likeness (QED) is 0.370. The van der Waals surface area contributed by atoms with Gasteiger partial charge in [-0.05, 0) is 48.7 Å². The monoisotopic (exact) mass is 478 g/mol. The van der Waals surface area contributed by atoms with Crippen molar-refractivity contribution in [3.63, 3.8) is 0 Å². The van der Waals surface area contributed by atoms with Gasteiger partial charge in [-0.25, -0.2) is 0 Å². The Hall–Kier alpha value is -3.00. The molecule has 1 aliphatic rings. The normalized spacial score (nSPS) is 14.6. The topological polar surface area (TPSA) is 60.3 Å². The number of amides is 1. The lowest BCUT2D eigenvalue weighted by molar-refractivity contribution is -0.143. The molecule has 4 rings (SSSR count). The van der Waals surface area contributed by atoms with Crippen LogP contribution in [0.5, 0.6) is 5.75 Å². The van der Waals surface area contributed by atoms with Gasteiger partial charge in [0, 0.05) is 28.5 Å². The second kappa shape index (κ2) is 9.09. The molecule has 0 atom stereocenters. The van der Waals surface area contributed by atoms with E-state index in [1.807, 2.05) is 0 Å². The van der Waals surface area contributed by atoms with Crippen molar-refractivity contribution in [1.29, 1.82) is 0 Å². The zero-order chi connectivity index (χ0) is 23.8. The number of ketones is 1. The van der Waals surface area contributed by atoms with E-state index in [9.17, 15) is 22.8 Å². The molecule has 1 saturated carbocycles. The van der Waals surface area contributed by atoms with Crippen LogP contribution in [0.2, 0.25) is 5.02 Å². The maximum Gasteiger partial charge on any atom is 0.432 e. The summed E-state index contributed by atoms with van der Waals surface area (Å²) in [5.41, 5.74) is -1.09. The van der Waals surface area contributed by atoms with Gasteiger partial charge < -0.3 is 14.6 Å². The number of hydrogen-bond acceptors (Lipinski definition) is 3. The number of nitrogens with zero attached hydrogens (tertiary/aromatic N) is 1. The number of nitrogens with one attached hydrogen (secondary N) is 1. The van der Waals surface area contributed by atoms with E-state index >= 15 is 0 Å². The van der Waals surface area contributed by atoms with Gasteiger partial charge in [0.05, 0.1) is 12.7 Å². The van der Waals surface area contributed by atoms with E-state index < -0.39 is 29.1 Å². The number of carbonyl (C=O) groups excluding carboxylic acids is 2. The Bertz CT molecular complexity index is 1200. The van der Waals surface area contributed by atoms with E-state index in [-0.39, 0.29) is 29.2 Å². The standard InChI is InChI=1S/C24H22ClF3N2O3/c1-33-17-10-11-19-18(12-17)20(21(31)23(32)29-16-4-2-3-5-16)22(24(26,27)28)30(19)13-14-6-8-15(25)9-7-14/h6-12,16H,2-5,13H2,1H3,(H,29,32). The van der Waals surface area contributed by atoms with Gasteiger partial charge in [-0.15, -0.1) is 0 Å². The smallest absolute Gasteiger partial charge is 0.432 e. The zero-order valence-corrected chi connectivity index (χ0v) is 18.6. The lowest BCUT2D eigenvalue weighted by Crippen LogP contribution is -2.38. The van der Waals surface area contributed by atoms with Gasteiger partial charge in [0.1, 0.15) is 11.4 Å². The van der Waals surface area contributed by atoms with Gasteiger partial charge in [-0.2, -0.15) is 13.2 Å². The molecule has 1 N–H and O–H groups in total. The van der Waals surface area contributed by atoms with Gasteiger partial charge in [-0.1, -0.05) is 36.6 Å². The summed E-state index contributed by atoms with van der Waals surface area (Å²) < 4.78 is 49.3. The molecule has 2 aromatic carbocycles. The van der Waals surface area contributed by atoms with Crippen molar-refractivity contribution in [3.8, 4) is 5.75 Å². The summed E-state index contributed by atoms with van der Waals surface area (Å²) >= 11 is 5.91. The molecule has 1 aliphatic carbocycles. The molecule has 1 fully saturated rings. The molecular weight excluding hydrogens is 457 g/mol. The van der Waals surface area contributed by atoms with E-state index in [0.29, 0.717) is 23.4 Å². The first kappa shape index (κ1) is 23.2. The Morgan fingerprint density at radius 3 is 2.39 bits per heavy atom. The molecule has 0 radical (unpaired) electrons. The van der Waals surface area contributed by atoms with Crippen LogP contribution in [0.4, 0.5) is 13.2 Å². The number of benzene rings is 2. The highest BCUT2D eigenvalue weighted by Gasteiger charge is 2.43. The molecule has 33 heavy (non-hydrogen) atoms. The summed E-state index contributed by atoms with van der Waals surface area (Å²) in [5.74, 6) is -1.95. The number of Topliss-reactive ketones (excluding diaryl/α,β-unsaturated/α-hetero) is 1. The van der Waals surface area contributed by atoms with Crippen LogP contribution in [-0.2, 0) is 17.5 Å². The summed E-state index contributed by atoms with van der Waals surface area (Å²) in [6, 6.07) is 10.5. The Morgan fingerprint density at radius 2 is 1.79 bits per heavy atom. The fourth-order valence-corrected chi connectivity index (χ4v) is 4.48. The number of methoxy groups -OCH3 is 1. The molecule has 3 aromatic rings. The third-order valence-corrected chi connectivity index (χ3v) is 6.17. The molecule has 0 unspecified atom stereocenters. The first-order valence-electron chi connectivity index (χ1n) is 10.6. The summed E-state index contributed by atoms with van der Waals surface area (Å²) in [7, 11) is 1.38. The highest BCUT2D eigenvalue weighted by atomic mass is 35.5. The minimum absolute atomic E-state index is 0.0159. The number of alkyl halides is 3. The Labute approximate surface area is 193 Å². The molecule has 0 spiro atoms. The summed E-state index contributed by atoms with van der Waals surface area (Å²) in [6.45, 7) is -0.160. The van der Waals surface area contributed by atoms with Crippen LogP contribution in [-0.4, -0.2) is 29.4 Å². The molecule has 9 heteroatoms. The van der Waals surface area contributed by atoms with E-state index in [1.54, 1.807) is 24.3 Å². The number of halogens is 4. The van der Waals surface area contributed by atoms with Crippen LogP contribution >= 0.6 is 11.6 Å². The first-order chi connectivity index (χ1) is 15.7. The number of hydrogen-bond donors (Lipinski definition) is 1. The van der Waals surface area contributed by atoms with Crippen molar-refractivity contribution in [3.05, 3.63) is 64.3 Å². The van der Waals surface area contributed by atoms with Crippen molar-refractivity contribution in [2.24, 2.45) is 0 Å². The highest BCUT2D eigenvalue weighted by molar-refractivity contribution is 6.45. The number of rotatable bonds is 6. The minimum Gasteiger partial charge on any atom is -0.497 e. The molecule has 174 valence electrons. The average Bonchev–Trinajstić information content (AvgIpc) is 3.40. The molecule has 0 aliphatic heterocycles. The summed E-state index contributed by atoms with van der Waals surface area (Å²) in [5, 5.41) is 3.07. The van der Waals surface area contributed by atoms with Crippen LogP contribution in [0.3, 0.4) is 0 Å². The van der Waals surface area contributed by atoms with Crippen LogP contribution in [0.15, 0.2) is 42.5 Å². The predicted molar refractivity (Wildman–Crippen MR) is 119 cm³/mol. The van der Waals surface area contributed by atoms with E-state index in [0.717, 1.165) is 17.4 Å². The molecule has 5 nitrogen and oxygen atoms in total. The molecule has 0 bridgehead atoms. The van der Waals surface area contributed by atoms with Gasteiger partial charge in [0.15, 0.2) is 0 Å². The minimum atomic E-state index is -4.88. The van der Waals surface area contributed by atoms with E-state index in [1.165, 1.54) is 25.3 Å².